The van der Waals surface area contributed by atoms with Crippen LogP contribution in [0.1, 0.15) is 55.1 Å². The fourth-order valence-corrected chi connectivity index (χ4v) is 4.61. The zero-order valence-corrected chi connectivity index (χ0v) is 17.0. The Morgan fingerprint density at radius 3 is 2.68 bits per heavy atom. The van der Waals surface area contributed by atoms with Gasteiger partial charge in [-0.3, -0.25) is 9.69 Å². The number of rotatable bonds is 5. The number of hydrogen-bond donors (Lipinski definition) is 1. The molecule has 2 aromatic heterocycles. The van der Waals surface area contributed by atoms with Gasteiger partial charge in [0.2, 0.25) is 0 Å². The molecule has 0 aliphatic carbocycles. The summed E-state index contributed by atoms with van der Waals surface area (Å²) in [4.78, 5) is 22.2. The third kappa shape index (κ3) is 3.78. The Labute approximate surface area is 166 Å². The molecule has 2 aromatic rings. The van der Waals surface area contributed by atoms with Crippen molar-refractivity contribution < 1.29 is 9.32 Å². The fourth-order valence-electron chi connectivity index (χ4n) is 4.61. The largest absolute Gasteiger partial charge is 0.350 e. The highest BCUT2D eigenvalue weighted by Gasteiger charge is 2.39. The Morgan fingerprint density at radius 2 is 1.96 bits per heavy atom. The number of amides is 1. The molecule has 1 N–H and O–H groups in total. The number of fused-ring (bicyclic) bond motifs is 1. The second-order valence-electron chi connectivity index (χ2n) is 8.32. The molecule has 0 bridgehead atoms. The molecule has 0 atom stereocenters. The Morgan fingerprint density at radius 1 is 1.21 bits per heavy atom. The number of pyridine rings is 1. The molecule has 2 aliphatic heterocycles. The average molecular weight is 386 g/mol. The van der Waals surface area contributed by atoms with Crippen molar-refractivity contribution in [2.24, 2.45) is 0 Å². The lowest BCUT2D eigenvalue weighted by Gasteiger charge is -2.50. The second-order valence-corrected chi connectivity index (χ2v) is 8.32. The highest BCUT2D eigenvalue weighted by Crippen LogP contribution is 2.31. The van der Waals surface area contributed by atoms with Gasteiger partial charge < -0.3 is 14.7 Å². The van der Waals surface area contributed by atoms with Gasteiger partial charge in [-0.2, -0.15) is 0 Å². The lowest BCUT2D eigenvalue weighted by molar-refractivity contribution is 0.0145. The molecule has 2 saturated heterocycles. The zero-order chi connectivity index (χ0) is 19.6. The first kappa shape index (κ1) is 19.3. The van der Waals surface area contributed by atoms with Crippen LogP contribution in [0.4, 0.5) is 0 Å². The van der Waals surface area contributed by atoms with Crippen LogP contribution in [0.15, 0.2) is 16.8 Å². The molecule has 1 amide bonds. The summed E-state index contributed by atoms with van der Waals surface area (Å²) in [7, 11) is 2.18. The van der Waals surface area contributed by atoms with Gasteiger partial charge in [0.25, 0.3) is 11.6 Å². The predicted octanol–water partition coefficient (Wildman–Crippen LogP) is 2.47. The molecule has 0 saturated carbocycles. The van der Waals surface area contributed by atoms with Crippen molar-refractivity contribution in [3.05, 3.63) is 23.5 Å². The number of hydrogen-bond acceptors (Lipinski definition) is 6. The molecule has 0 radical (unpaired) electrons. The van der Waals surface area contributed by atoms with Crippen molar-refractivity contribution in [1.29, 1.82) is 0 Å². The average Bonchev–Trinajstić information content (AvgIpc) is 3.16. The standard InChI is InChI=1S/C21H31N5O2/c1-3-18-17-13-16(14-22-20(17)28-24-18)19(27)23-15-21(7-11-25(2)12-8-21)26-9-5-4-6-10-26/h13-14H,3-12,15H2,1-2H3,(H,23,27). The molecule has 28 heavy (non-hydrogen) atoms. The molecule has 2 fully saturated rings. The van der Waals surface area contributed by atoms with Crippen molar-refractivity contribution in [2.75, 3.05) is 39.8 Å². The summed E-state index contributed by atoms with van der Waals surface area (Å²) in [5.74, 6) is -0.0621. The van der Waals surface area contributed by atoms with Crippen LogP contribution in [-0.2, 0) is 6.42 Å². The molecule has 4 heterocycles. The Bertz CT molecular complexity index is 819. The normalized spacial score (nSPS) is 21.1. The Kier molecular flexibility index (Phi) is 5.64. The second kappa shape index (κ2) is 8.17. The molecule has 152 valence electrons. The first-order chi connectivity index (χ1) is 13.6. The lowest BCUT2D eigenvalue weighted by atomic mass is 9.84. The molecule has 0 unspecified atom stereocenters. The molecule has 2 aliphatic rings. The number of aromatic nitrogens is 2. The van der Waals surface area contributed by atoms with E-state index in [-0.39, 0.29) is 11.4 Å². The van der Waals surface area contributed by atoms with Gasteiger partial charge in [0, 0.05) is 18.3 Å². The summed E-state index contributed by atoms with van der Waals surface area (Å²) < 4.78 is 5.23. The maximum Gasteiger partial charge on any atom is 0.257 e. The number of aryl methyl sites for hydroxylation is 1. The quantitative estimate of drug-likeness (QED) is 0.852. The maximum atomic E-state index is 12.9. The summed E-state index contributed by atoms with van der Waals surface area (Å²) in [6.45, 7) is 7.18. The SMILES string of the molecule is CCc1noc2ncc(C(=O)NCC3(N4CCCCC4)CCN(C)CC3)cc12. The van der Waals surface area contributed by atoms with Gasteiger partial charge in [0.1, 0.15) is 0 Å². The van der Waals surface area contributed by atoms with Crippen LogP contribution in [0.2, 0.25) is 0 Å². The van der Waals surface area contributed by atoms with Crippen LogP contribution in [-0.4, -0.2) is 71.2 Å². The number of carbonyl (C=O) groups is 1. The summed E-state index contributed by atoms with van der Waals surface area (Å²) >= 11 is 0. The highest BCUT2D eigenvalue weighted by atomic mass is 16.5. The van der Waals surface area contributed by atoms with Crippen molar-refractivity contribution in [1.82, 2.24) is 25.3 Å². The van der Waals surface area contributed by atoms with Crippen LogP contribution in [0.5, 0.6) is 0 Å². The van der Waals surface area contributed by atoms with E-state index < -0.39 is 0 Å². The number of nitrogens with zero attached hydrogens (tertiary/aromatic N) is 4. The van der Waals surface area contributed by atoms with Gasteiger partial charge in [0.15, 0.2) is 0 Å². The molecular weight excluding hydrogens is 354 g/mol. The molecule has 0 spiro atoms. The van der Waals surface area contributed by atoms with Crippen molar-refractivity contribution in [2.45, 2.75) is 51.0 Å². The van der Waals surface area contributed by atoms with Crippen LogP contribution >= 0.6 is 0 Å². The van der Waals surface area contributed by atoms with E-state index in [1.54, 1.807) is 6.20 Å². The van der Waals surface area contributed by atoms with Crippen LogP contribution < -0.4 is 5.32 Å². The minimum absolute atomic E-state index is 0.0621. The molecule has 7 heteroatoms. The lowest BCUT2D eigenvalue weighted by Crippen LogP contribution is -2.61. The van der Waals surface area contributed by atoms with Crippen molar-refractivity contribution in [3.8, 4) is 0 Å². The van der Waals surface area contributed by atoms with Gasteiger partial charge in [-0.15, -0.1) is 0 Å². The Balaban J connectivity index is 1.49. The minimum atomic E-state index is -0.0621. The molecule has 0 aromatic carbocycles. The van der Waals surface area contributed by atoms with Gasteiger partial charge in [-0.25, -0.2) is 4.98 Å². The summed E-state index contributed by atoms with van der Waals surface area (Å²) in [5.41, 5.74) is 1.99. The number of carbonyl (C=O) groups excluding carboxylic acids is 1. The number of likely N-dealkylation sites (tertiary alicyclic amines) is 2. The van der Waals surface area contributed by atoms with Crippen LogP contribution in [0.3, 0.4) is 0 Å². The summed E-state index contributed by atoms with van der Waals surface area (Å²) in [6.07, 6.45) is 8.40. The Hall–Kier alpha value is -1.99. The van der Waals surface area contributed by atoms with Crippen LogP contribution in [0.25, 0.3) is 11.1 Å². The monoisotopic (exact) mass is 385 g/mol. The van der Waals surface area contributed by atoms with E-state index in [0.29, 0.717) is 17.8 Å². The van der Waals surface area contributed by atoms with E-state index in [1.165, 1.54) is 19.3 Å². The highest BCUT2D eigenvalue weighted by molar-refractivity contribution is 5.97. The predicted molar refractivity (Wildman–Crippen MR) is 108 cm³/mol. The third-order valence-electron chi connectivity index (χ3n) is 6.52. The van der Waals surface area contributed by atoms with Gasteiger partial charge in [0.05, 0.1) is 16.6 Å². The third-order valence-corrected chi connectivity index (χ3v) is 6.52. The van der Waals surface area contributed by atoms with Gasteiger partial charge in [-0.05, 0) is 71.4 Å². The fraction of sp³-hybridized carbons (Fsp3) is 0.667. The van der Waals surface area contributed by atoms with E-state index >= 15 is 0 Å². The van der Waals surface area contributed by atoms with E-state index in [4.69, 9.17) is 4.52 Å². The maximum absolute atomic E-state index is 12.9. The topological polar surface area (TPSA) is 74.5 Å². The van der Waals surface area contributed by atoms with E-state index in [2.05, 4.69) is 32.3 Å². The van der Waals surface area contributed by atoms with E-state index in [9.17, 15) is 4.79 Å². The van der Waals surface area contributed by atoms with Crippen molar-refractivity contribution >= 4 is 17.0 Å². The molecule has 4 rings (SSSR count). The first-order valence-electron chi connectivity index (χ1n) is 10.6. The minimum Gasteiger partial charge on any atom is -0.350 e. The number of nitrogens with one attached hydrogen (secondary N) is 1. The number of piperidine rings is 2. The summed E-state index contributed by atoms with van der Waals surface area (Å²) in [6, 6.07) is 1.86. The first-order valence-corrected chi connectivity index (χ1v) is 10.6. The molecule has 7 nitrogen and oxygen atoms in total. The van der Waals surface area contributed by atoms with Crippen molar-refractivity contribution in [3.63, 3.8) is 0 Å². The van der Waals surface area contributed by atoms with Gasteiger partial charge >= 0.3 is 0 Å². The van der Waals surface area contributed by atoms with Gasteiger partial charge in [-0.1, -0.05) is 18.5 Å². The zero-order valence-electron chi connectivity index (χ0n) is 17.0. The van der Waals surface area contributed by atoms with E-state index in [1.807, 2.05) is 13.0 Å². The molecular formula is C21H31N5O2. The smallest absolute Gasteiger partial charge is 0.257 e. The summed E-state index contributed by atoms with van der Waals surface area (Å²) in [5, 5.41) is 8.09. The van der Waals surface area contributed by atoms with Crippen LogP contribution in [0, 0.1) is 0 Å². The van der Waals surface area contributed by atoms with E-state index in [0.717, 1.165) is 56.5 Å².